The van der Waals surface area contributed by atoms with Crippen LogP contribution in [-0.4, -0.2) is 38.7 Å². The molecule has 0 bridgehead atoms. The molecule has 0 fully saturated rings. The number of amides is 2. The van der Waals surface area contributed by atoms with Crippen molar-refractivity contribution in [2.45, 2.75) is 25.7 Å². The predicted molar refractivity (Wildman–Crippen MR) is 130 cm³/mol. The van der Waals surface area contributed by atoms with Crippen LogP contribution in [0.5, 0.6) is 0 Å². The summed E-state index contributed by atoms with van der Waals surface area (Å²) in [5.74, 6) is -0.699. The summed E-state index contributed by atoms with van der Waals surface area (Å²) < 4.78 is 27.6. The van der Waals surface area contributed by atoms with E-state index in [-0.39, 0.29) is 28.8 Å². The summed E-state index contributed by atoms with van der Waals surface area (Å²) in [6.45, 7) is 5.70. The Hall–Kier alpha value is -3.65. The van der Waals surface area contributed by atoms with Gasteiger partial charge in [0, 0.05) is 24.0 Å². The molecule has 3 aromatic carbocycles. The Bertz CT molecular complexity index is 1250. The molecule has 33 heavy (non-hydrogen) atoms. The van der Waals surface area contributed by atoms with Gasteiger partial charge < -0.3 is 10.2 Å². The Morgan fingerprint density at radius 3 is 2.03 bits per heavy atom. The first kappa shape index (κ1) is 24.0. The largest absolute Gasteiger partial charge is 0.332 e. The van der Waals surface area contributed by atoms with Crippen LogP contribution in [0.15, 0.2) is 71.6 Å². The van der Waals surface area contributed by atoms with E-state index in [0.717, 1.165) is 22.4 Å². The zero-order chi connectivity index (χ0) is 24.2. The number of likely N-dealkylation sites (N-methyl/N-ethyl adjacent to an activating group) is 1. The molecule has 0 aliphatic rings. The fourth-order valence-electron chi connectivity index (χ4n) is 3.56. The summed E-state index contributed by atoms with van der Waals surface area (Å²) in [6.07, 6.45) is 0. The number of aryl methyl sites for hydroxylation is 3. The molecule has 0 heterocycles. The quantitative estimate of drug-likeness (QED) is 0.549. The number of anilines is 2. The highest BCUT2D eigenvalue weighted by atomic mass is 32.2. The van der Waals surface area contributed by atoms with Gasteiger partial charge in [-0.25, -0.2) is 8.42 Å². The number of hydrogen-bond donors (Lipinski definition) is 2. The molecule has 172 valence electrons. The summed E-state index contributed by atoms with van der Waals surface area (Å²) in [7, 11) is -2.25. The second-order valence-corrected chi connectivity index (χ2v) is 9.66. The van der Waals surface area contributed by atoms with E-state index in [9.17, 15) is 18.0 Å². The fraction of sp³-hybridized carbons (Fsp3) is 0.200. The van der Waals surface area contributed by atoms with Crippen LogP contribution >= 0.6 is 0 Å². The maximum Gasteiger partial charge on any atom is 0.261 e. The van der Waals surface area contributed by atoms with E-state index < -0.39 is 10.0 Å². The van der Waals surface area contributed by atoms with Crippen LogP contribution in [0.2, 0.25) is 0 Å². The van der Waals surface area contributed by atoms with Gasteiger partial charge in [0.25, 0.3) is 15.9 Å². The monoisotopic (exact) mass is 465 g/mol. The smallest absolute Gasteiger partial charge is 0.261 e. The summed E-state index contributed by atoms with van der Waals surface area (Å²) in [5, 5.41) is 2.87. The lowest BCUT2D eigenvalue weighted by molar-refractivity contribution is -0.116. The fourth-order valence-corrected chi connectivity index (χ4v) is 4.62. The number of sulfonamides is 1. The van der Waals surface area contributed by atoms with Crippen molar-refractivity contribution in [2.24, 2.45) is 0 Å². The molecule has 0 spiro atoms. The summed E-state index contributed by atoms with van der Waals surface area (Å²) in [5.41, 5.74) is 4.49. The number of nitrogens with zero attached hydrogens (tertiary/aromatic N) is 1. The van der Waals surface area contributed by atoms with Crippen LogP contribution in [0, 0.1) is 20.8 Å². The average Bonchev–Trinajstić information content (AvgIpc) is 2.76. The lowest BCUT2D eigenvalue weighted by atomic mass is 10.1. The van der Waals surface area contributed by atoms with E-state index in [1.165, 1.54) is 36.2 Å². The van der Waals surface area contributed by atoms with Crippen molar-refractivity contribution in [3.8, 4) is 0 Å². The Balaban J connectivity index is 1.65. The molecule has 2 amide bonds. The summed E-state index contributed by atoms with van der Waals surface area (Å²) in [6, 6.07) is 18.1. The van der Waals surface area contributed by atoms with Crippen molar-refractivity contribution in [3.05, 3.63) is 89.0 Å². The highest BCUT2D eigenvalue weighted by molar-refractivity contribution is 7.92. The first-order chi connectivity index (χ1) is 15.6. The van der Waals surface area contributed by atoms with Gasteiger partial charge in [-0.15, -0.1) is 0 Å². The molecule has 7 nitrogen and oxygen atoms in total. The zero-order valence-electron chi connectivity index (χ0n) is 19.0. The Morgan fingerprint density at radius 2 is 1.45 bits per heavy atom. The van der Waals surface area contributed by atoms with Crippen molar-refractivity contribution in [2.75, 3.05) is 23.6 Å². The molecule has 3 aromatic rings. The van der Waals surface area contributed by atoms with Gasteiger partial charge in [-0.2, -0.15) is 0 Å². The molecule has 0 atom stereocenters. The number of para-hydroxylation sites is 1. The van der Waals surface area contributed by atoms with Crippen LogP contribution in [0.1, 0.15) is 27.0 Å². The summed E-state index contributed by atoms with van der Waals surface area (Å²) >= 11 is 0. The molecular formula is C25H27N3O4S. The van der Waals surface area contributed by atoms with Crippen molar-refractivity contribution in [3.63, 3.8) is 0 Å². The third-order valence-electron chi connectivity index (χ3n) is 5.11. The Kier molecular flexibility index (Phi) is 7.18. The molecule has 2 N–H and O–H groups in total. The molecule has 0 saturated heterocycles. The van der Waals surface area contributed by atoms with Crippen molar-refractivity contribution in [1.29, 1.82) is 0 Å². The average molecular weight is 466 g/mol. The van der Waals surface area contributed by atoms with E-state index in [0.29, 0.717) is 5.69 Å². The molecule has 0 radical (unpaired) electrons. The van der Waals surface area contributed by atoms with Gasteiger partial charge in [-0.1, -0.05) is 35.9 Å². The Labute approximate surface area is 194 Å². The molecule has 0 aliphatic carbocycles. The molecule has 0 unspecified atom stereocenters. The van der Waals surface area contributed by atoms with Gasteiger partial charge in [0.15, 0.2) is 0 Å². The topological polar surface area (TPSA) is 95.6 Å². The van der Waals surface area contributed by atoms with Crippen LogP contribution in [-0.2, 0) is 14.8 Å². The van der Waals surface area contributed by atoms with Crippen LogP contribution < -0.4 is 10.0 Å². The minimum absolute atomic E-state index is 0.0358. The van der Waals surface area contributed by atoms with Gasteiger partial charge in [0.1, 0.15) is 0 Å². The highest BCUT2D eigenvalue weighted by Gasteiger charge is 2.19. The minimum Gasteiger partial charge on any atom is -0.332 e. The first-order valence-corrected chi connectivity index (χ1v) is 11.9. The number of hydrogen-bond acceptors (Lipinski definition) is 4. The van der Waals surface area contributed by atoms with E-state index in [1.807, 2.05) is 32.9 Å². The van der Waals surface area contributed by atoms with Gasteiger partial charge in [0.05, 0.1) is 11.4 Å². The van der Waals surface area contributed by atoms with Crippen molar-refractivity contribution in [1.82, 2.24) is 4.90 Å². The van der Waals surface area contributed by atoms with Gasteiger partial charge >= 0.3 is 0 Å². The molecule has 8 heteroatoms. The summed E-state index contributed by atoms with van der Waals surface area (Å²) in [4.78, 5) is 26.6. The third kappa shape index (κ3) is 5.98. The molecule has 3 rings (SSSR count). The maximum atomic E-state index is 12.7. The maximum absolute atomic E-state index is 12.7. The normalized spacial score (nSPS) is 11.0. The SMILES string of the molecule is Cc1cc(C)c(NC(=O)CN(C)C(=O)c2ccc(S(=O)(=O)Nc3ccccc3)cc2)c(C)c1. The standard InChI is InChI=1S/C25H27N3O4S/c1-17-14-18(2)24(19(3)15-17)26-23(29)16-28(4)25(30)20-10-12-22(13-11-20)33(31,32)27-21-8-6-5-7-9-21/h5-15,27H,16H2,1-4H3,(H,26,29). The first-order valence-electron chi connectivity index (χ1n) is 10.4. The van der Waals surface area contributed by atoms with Crippen molar-refractivity contribution >= 4 is 33.2 Å². The minimum atomic E-state index is -3.78. The number of carbonyl (C=O) groups excluding carboxylic acids is 2. The van der Waals surface area contributed by atoms with Gasteiger partial charge in [0.2, 0.25) is 5.91 Å². The lowest BCUT2D eigenvalue weighted by Gasteiger charge is -2.19. The molecule has 0 aliphatic heterocycles. The van der Waals surface area contributed by atoms with Gasteiger partial charge in [-0.05, 0) is 68.3 Å². The van der Waals surface area contributed by atoms with Crippen LogP contribution in [0.4, 0.5) is 11.4 Å². The molecular weight excluding hydrogens is 438 g/mol. The zero-order valence-corrected chi connectivity index (χ0v) is 19.9. The van der Waals surface area contributed by atoms with Crippen LogP contribution in [0.25, 0.3) is 0 Å². The lowest BCUT2D eigenvalue weighted by Crippen LogP contribution is -2.35. The van der Waals surface area contributed by atoms with E-state index in [1.54, 1.807) is 30.3 Å². The van der Waals surface area contributed by atoms with Gasteiger partial charge in [-0.3, -0.25) is 14.3 Å². The molecule has 0 saturated carbocycles. The molecule has 0 aromatic heterocycles. The number of carbonyl (C=O) groups is 2. The number of rotatable bonds is 7. The van der Waals surface area contributed by atoms with E-state index in [4.69, 9.17) is 0 Å². The third-order valence-corrected chi connectivity index (χ3v) is 6.50. The van der Waals surface area contributed by atoms with Crippen LogP contribution in [0.3, 0.4) is 0 Å². The van der Waals surface area contributed by atoms with Crippen molar-refractivity contribution < 1.29 is 18.0 Å². The second-order valence-electron chi connectivity index (χ2n) is 7.98. The predicted octanol–water partition coefficient (Wildman–Crippen LogP) is 4.12. The Morgan fingerprint density at radius 1 is 0.879 bits per heavy atom. The second kappa shape index (κ2) is 9.87. The number of benzene rings is 3. The van der Waals surface area contributed by atoms with E-state index >= 15 is 0 Å². The highest BCUT2D eigenvalue weighted by Crippen LogP contribution is 2.22. The number of nitrogens with one attached hydrogen (secondary N) is 2. The van der Waals surface area contributed by atoms with E-state index in [2.05, 4.69) is 10.0 Å².